The number of rotatable bonds is 11. The van der Waals surface area contributed by atoms with Crippen LogP contribution in [0.4, 0.5) is 5.69 Å². The van der Waals surface area contributed by atoms with Crippen molar-refractivity contribution in [2.45, 2.75) is 13.2 Å². The third-order valence-electron chi connectivity index (χ3n) is 4.92. The number of ether oxygens (including phenoxy) is 3. The van der Waals surface area contributed by atoms with Crippen LogP contribution in [0, 0.1) is 0 Å². The van der Waals surface area contributed by atoms with Crippen molar-refractivity contribution in [3.05, 3.63) is 120 Å². The summed E-state index contributed by atoms with van der Waals surface area (Å²) in [6.45, 7) is 2.12. The summed E-state index contributed by atoms with van der Waals surface area (Å²) in [6.07, 6.45) is 0. The molecule has 162 valence electrons. The summed E-state index contributed by atoms with van der Waals surface area (Å²) in [6, 6.07) is 36.0. The van der Waals surface area contributed by atoms with E-state index >= 15 is 0 Å². The smallest absolute Gasteiger partial charge is 0.142 e. The van der Waals surface area contributed by atoms with E-state index in [4.69, 9.17) is 14.2 Å². The highest BCUT2D eigenvalue weighted by atomic mass is 16.5. The van der Waals surface area contributed by atoms with Crippen molar-refractivity contribution < 1.29 is 14.2 Å². The number of anilines is 1. The first-order valence-electron chi connectivity index (χ1n) is 10.8. The normalized spacial score (nSPS) is 10.4. The Balaban J connectivity index is 1.32. The molecule has 0 aliphatic heterocycles. The highest BCUT2D eigenvalue weighted by Crippen LogP contribution is 2.27. The molecule has 4 rings (SSSR count). The zero-order chi connectivity index (χ0) is 21.8. The average Bonchev–Trinajstić information content (AvgIpc) is 2.86. The molecule has 0 bridgehead atoms. The van der Waals surface area contributed by atoms with Crippen LogP contribution in [0.3, 0.4) is 0 Å². The largest absolute Gasteiger partial charge is 0.490 e. The van der Waals surface area contributed by atoms with Gasteiger partial charge < -0.3 is 19.5 Å². The molecule has 0 saturated heterocycles. The van der Waals surface area contributed by atoms with Crippen molar-refractivity contribution in [2.24, 2.45) is 0 Å². The molecule has 0 unspecified atom stereocenters. The van der Waals surface area contributed by atoms with E-state index in [-0.39, 0.29) is 0 Å². The van der Waals surface area contributed by atoms with Gasteiger partial charge in [0.1, 0.15) is 37.1 Å². The molecule has 0 aliphatic rings. The van der Waals surface area contributed by atoms with Crippen molar-refractivity contribution in [3.63, 3.8) is 0 Å². The van der Waals surface area contributed by atoms with E-state index in [1.54, 1.807) is 0 Å². The number of hydrogen-bond acceptors (Lipinski definition) is 4. The summed E-state index contributed by atoms with van der Waals surface area (Å²) in [4.78, 5) is 0. The molecule has 4 aromatic rings. The minimum absolute atomic E-state index is 0.475. The first-order chi connectivity index (χ1) is 15.9. The molecule has 1 N–H and O–H groups in total. The van der Waals surface area contributed by atoms with Gasteiger partial charge >= 0.3 is 0 Å². The van der Waals surface area contributed by atoms with E-state index in [9.17, 15) is 0 Å². The second-order valence-electron chi connectivity index (χ2n) is 7.24. The molecule has 0 aliphatic carbocycles. The summed E-state index contributed by atoms with van der Waals surface area (Å²) in [5.74, 6) is 2.52. The lowest BCUT2D eigenvalue weighted by molar-refractivity contribution is 0.216. The number of hydrogen-bond donors (Lipinski definition) is 1. The predicted octanol–water partition coefficient (Wildman–Crippen LogP) is 6.34. The van der Waals surface area contributed by atoms with Gasteiger partial charge in [-0.25, -0.2) is 0 Å². The van der Waals surface area contributed by atoms with Crippen molar-refractivity contribution >= 4 is 5.69 Å². The molecule has 4 aromatic carbocycles. The van der Waals surface area contributed by atoms with E-state index in [0.29, 0.717) is 26.4 Å². The van der Waals surface area contributed by atoms with E-state index in [0.717, 1.165) is 34.1 Å². The molecule has 0 fully saturated rings. The van der Waals surface area contributed by atoms with Gasteiger partial charge in [-0.1, -0.05) is 78.9 Å². The van der Waals surface area contributed by atoms with E-state index in [1.807, 2.05) is 91.0 Å². The average molecular weight is 426 g/mol. The summed E-state index contributed by atoms with van der Waals surface area (Å²) in [5.41, 5.74) is 3.16. The Morgan fingerprint density at radius 1 is 0.531 bits per heavy atom. The molecule has 0 spiro atoms. The Kier molecular flexibility index (Phi) is 7.64. The Morgan fingerprint density at radius 3 is 1.97 bits per heavy atom. The van der Waals surface area contributed by atoms with Gasteiger partial charge in [-0.15, -0.1) is 0 Å². The third kappa shape index (κ3) is 6.29. The molecule has 0 saturated carbocycles. The third-order valence-corrected chi connectivity index (χ3v) is 4.92. The lowest BCUT2D eigenvalue weighted by atomic mass is 10.2. The van der Waals surface area contributed by atoms with Crippen molar-refractivity contribution in [2.75, 3.05) is 18.5 Å². The van der Waals surface area contributed by atoms with Crippen molar-refractivity contribution in [1.82, 2.24) is 0 Å². The van der Waals surface area contributed by atoms with Gasteiger partial charge in [-0.05, 0) is 35.9 Å². The molecule has 0 atom stereocenters. The van der Waals surface area contributed by atoms with Crippen LogP contribution in [-0.4, -0.2) is 13.2 Å². The molecule has 32 heavy (non-hydrogen) atoms. The van der Waals surface area contributed by atoms with E-state index in [1.165, 1.54) is 0 Å². The fourth-order valence-corrected chi connectivity index (χ4v) is 3.28. The Bertz CT molecular complexity index is 1080. The van der Waals surface area contributed by atoms with Crippen molar-refractivity contribution in [1.29, 1.82) is 0 Å². The SMILES string of the molecule is c1ccc(COc2ccccc2NCc2ccccc2OCCOc2ccccc2)cc1. The van der Waals surface area contributed by atoms with Crippen LogP contribution in [0.5, 0.6) is 17.2 Å². The predicted molar refractivity (Wildman–Crippen MR) is 128 cm³/mol. The Labute approximate surface area is 189 Å². The summed E-state index contributed by atoms with van der Waals surface area (Å²) in [5, 5.41) is 3.49. The van der Waals surface area contributed by atoms with Crippen LogP contribution in [0.25, 0.3) is 0 Å². The minimum atomic E-state index is 0.475. The molecule has 0 aromatic heterocycles. The standard InChI is InChI=1S/C28H27NO3/c1-3-11-23(12-4-1)22-32-28-18-10-8-16-26(28)29-21-24-13-7-9-17-27(24)31-20-19-30-25-14-5-2-6-15-25/h1-18,29H,19-22H2. The molecule has 0 amide bonds. The van der Waals surface area contributed by atoms with Gasteiger partial charge in [0, 0.05) is 12.1 Å². The highest BCUT2D eigenvalue weighted by molar-refractivity contribution is 5.56. The molecule has 0 radical (unpaired) electrons. The Morgan fingerprint density at radius 2 is 1.16 bits per heavy atom. The maximum atomic E-state index is 6.05. The zero-order valence-corrected chi connectivity index (χ0v) is 17.9. The maximum absolute atomic E-state index is 6.05. The fourth-order valence-electron chi connectivity index (χ4n) is 3.28. The van der Waals surface area contributed by atoms with E-state index in [2.05, 4.69) is 23.5 Å². The van der Waals surface area contributed by atoms with Crippen molar-refractivity contribution in [3.8, 4) is 17.2 Å². The van der Waals surface area contributed by atoms with Gasteiger partial charge in [-0.3, -0.25) is 0 Å². The number of para-hydroxylation sites is 4. The highest BCUT2D eigenvalue weighted by Gasteiger charge is 2.07. The Hall–Kier alpha value is -3.92. The summed E-state index contributed by atoms with van der Waals surface area (Å²) >= 11 is 0. The summed E-state index contributed by atoms with van der Waals surface area (Å²) in [7, 11) is 0. The van der Waals surface area contributed by atoms with E-state index < -0.39 is 0 Å². The van der Waals surface area contributed by atoms with Gasteiger partial charge in [0.15, 0.2) is 0 Å². The molecule has 4 heteroatoms. The first-order valence-corrected chi connectivity index (χ1v) is 10.8. The van der Waals surface area contributed by atoms with Gasteiger partial charge in [0.25, 0.3) is 0 Å². The lowest BCUT2D eigenvalue weighted by Crippen LogP contribution is -2.11. The van der Waals surface area contributed by atoms with Gasteiger partial charge in [0.05, 0.1) is 5.69 Å². The first kappa shape index (κ1) is 21.3. The van der Waals surface area contributed by atoms with Crippen LogP contribution < -0.4 is 19.5 Å². The van der Waals surface area contributed by atoms with Crippen LogP contribution in [0.15, 0.2) is 109 Å². The second-order valence-corrected chi connectivity index (χ2v) is 7.24. The maximum Gasteiger partial charge on any atom is 0.142 e. The number of nitrogens with one attached hydrogen (secondary N) is 1. The fraction of sp³-hybridized carbons (Fsp3) is 0.143. The minimum Gasteiger partial charge on any atom is -0.490 e. The molecule has 0 heterocycles. The lowest BCUT2D eigenvalue weighted by Gasteiger charge is -2.16. The quantitative estimate of drug-likeness (QED) is 0.285. The molecular weight excluding hydrogens is 398 g/mol. The zero-order valence-electron chi connectivity index (χ0n) is 17.9. The second kappa shape index (κ2) is 11.5. The summed E-state index contributed by atoms with van der Waals surface area (Å²) < 4.78 is 17.8. The van der Waals surface area contributed by atoms with Crippen LogP contribution in [0.2, 0.25) is 0 Å². The monoisotopic (exact) mass is 425 g/mol. The van der Waals surface area contributed by atoms with Gasteiger partial charge in [0.2, 0.25) is 0 Å². The van der Waals surface area contributed by atoms with Gasteiger partial charge in [-0.2, -0.15) is 0 Å². The van der Waals surface area contributed by atoms with Crippen LogP contribution >= 0.6 is 0 Å². The molecular formula is C28H27NO3. The van der Waals surface area contributed by atoms with Crippen LogP contribution in [-0.2, 0) is 13.2 Å². The number of benzene rings is 4. The van der Waals surface area contributed by atoms with Crippen LogP contribution in [0.1, 0.15) is 11.1 Å². The topological polar surface area (TPSA) is 39.7 Å². The molecule has 4 nitrogen and oxygen atoms in total.